The van der Waals surface area contributed by atoms with Gasteiger partial charge in [0.2, 0.25) is 0 Å². The summed E-state index contributed by atoms with van der Waals surface area (Å²) < 4.78 is 5.76. The fourth-order valence-electron chi connectivity index (χ4n) is 1.68. The Morgan fingerprint density at radius 3 is 2.86 bits per heavy atom. The number of hydrogen-bond acceptors (Lipinski definition) is 3. The first kappa shape index (κ1) is 16.3. The molecule has 6 heteroatoms. The van der Waals surface area contributed by atoms with Crippen molar-refractivity contribution in [3.8, 4) is 5.75 Å². The number of ether oxygens (including phenoxy) is 1. The van der Waals surface area contributed by atoms with Crippen molar-refractivity contribution in [2.75, 3.05) is 7.05 Å². The van der Waals surface area contributed by atoms with Crippen molar-refractivity contribution in [2.45, 2.75) is 6.61 Å². The minimum Gasteiger partial charge on any atom is -0.489 e. The third-order valence-corrected chi connectivity index (χ3v) is 3.48. The molecule has 2 aromatic carbocycles. The van der Waals surface area contributed by atoms with Crippen LogP contribution in [0.4, 0.5) is 0 Å². The Morgan fingerprint density at radius 2 is 2.09 bits per heavy atom. The van der Waals surface area contributed by atoms with Gasteiger partial charge in [0.15, 0.2) is 5.11 Å². The van der Waals surface area contributed by atoms with E-state index in [1.54, 1.807) is 13.3 Å². The molecule has 0 radical (unpaired) electrons. The molecule has 0 saturated carbocycles. The predicted octanol–water partition coefficient (Wildman–Crippen LogP) is 3.35. The monoisotopic (exact) mass is 333 g/mol. The SMILES string of the molecule is CNC(=S)N/N=C/c1cccc(OCc2ccccc2Cl)c1. The van der Waals surface area contributed by atoms with E-state index >= 15 is 0 Å². The van der Waals surface area contributed by atoms with Crippen LogP contribution in [-0.4, -0.2) is 18.4 Å². The summed E-state index contributed by atoms with van der Waals surface area (Å²) in [5, 5.41) is 7.97. The number of rotatable bonds is 5. The molecule has 0 spiro atoms. The molecule has 0 saturated heterocycles. The van der Waals surface area contributed by atoms with Crippen molar-refractivity contribution < 1.29 is 4.74 Å². The van der Waals surface area contributed by atoms with Crippen LogP contribution in [-0.2, 0) is 6.61 Å². The van der Waals surface area contributed by atoms with Gasteiger partial charge in [-0.25, -0.2) is 0 Å². The number of nitrogens with one attached hydrogen (secondary N) is 2. The first-order valence-corrected chi connectivity index (χ1v) is 7.44. The second kappa shape index (κ2) is 8.36. The van der Waals surface area contributed by atoms with E-state index in [1.807, 2.05) is 48.5 Å². The summed E-state index contributed by atoms with van der Waals surface area (Å²) in [7, 11) is 1.73. The molecule has 2 N–H and O–H groups in total. The fraction of sp³-hybridized carbons (Fsp3) is 0.125. The van der Waals surface area contributed by atoms with Gasteiger partial charge in [0, 0.05) is 17.6 Å². The Hall–Kier alpha value is -2.11. The van der Waals surface area contributed by atoms with E-state index in [0.717, 1.165) is 16.9 Å². The highest BCUT2D eigenvalue weighted by molar-refractivity contribution is 7.80. The minimum absolute atomic E-state index is 0.419. The molecule has 0 bridgehead atoms. The Balaban J connectivity index is 1.97. The summed E-state index contributed by atoms with van der Waals surface area (Å²) in [6.45, 7) is 0.419. The summed E-state index contributed by atoms with van der Waals surface area (Å²) >= 11 is 11.0. The van der Waals surface area contributed by atoms with Crippen LogP contribution in [0.1, 0.15) is 11.1 Å². The van der Waals surface area contributed by atoms with Crippen LogP contribution in [0.3, 0.4) is 0 Å². The molecule has 2 aromatic rings. The smallest absolute Gasteiger partial charge is 0.186 e. The Kier molecular flexibility index (Phi) is 6.18. The Bertz CT molecular complexity index is 676. The maximum atomic E-state index is 6.11. The number of hydrazone groups is 1. The van der Waals surface area contributed by atoms with Crippen LogP contribution in [0.5, 0.6) is 5.75 Å². The van der Waals surface area contributed by atoms with Crippen molar-refractivity contribution in [1.29, 1.82) is 0 Å². The van der Waals surface area contributed by atoms with E-state index in [0.29, 0.717) is 16.7 Å². The molecule has 0 heterocycles. The highest BCUT2D eigenvalue weighted by Crippen LogP contribution is 2.19. The molecule has 0 aliphatic rings. The third kappa shape index (κ3) is 5.02. The van der Waals surface area contributed by atoms with Crippen molar-refractivity contribution in [1.82, 2.24) is 10.7 Å². The van der Waals surface area contributed by atoms with Crippen molar-refractivity contribution in [2.24, 2.45) is 5.10 Å². The lowest BCUT2D eigenvalue weighted by atomic mass is 10.2. The maximum absolute atomic E-state index is 6.11. The van der Waals surface area contributed by atoms with Gasteiger partial charge < -0.3 is 10.1 Å². The zero-order chi connectivity index (χ0) is 15.8. The van der Waals surface area contributed by atoms with Gasteiger partial charge in [-0.1, -0.05) is 41.9 Å². The molecule has 2 rings (SSSR count). The molecule has 0 fully saturated rings. The molecular formula is C16H16ClN3OS. The van der Waals surface area contributed by atoms with Gasteiger partial charge >= 0.3 is 0 Å². The van der Waals surface area contributed by atoms with Gasteiger partial charge in [-0.2, -0.15) is 5.10 Å². The molecule has 0 unspecified atom stereocenters. The van der Waals surface area contributed by atoms with E-state index in [2.05, 4.69) is 15.8 Å². The second-order valence-electron chi connectivity index (χ2n) is 4.40. The molecule has 114 valence electrons. The zero-order valence-corrected chi connectivity index (χ0v) is 13.6. The molecule has 0 amide bonds. The number of nitrogens with zero attached hydrogens (tertiary/aromatic N) is 1. The summed E-state index contributed by atoms with van der Waals surface area (Å²) in [6, 6.07) is 15.2. The van der Waals surface area contributed by atoms with Crippen LogP contribution in [0.15, 0.2) is 53.6 Å². The predicted molar refractivity (Wildman–Crippen MR) is 94.6 cm³/mol. The Morgan fingerprint density at radius 1 is 1.27 bits per heavy atom. The maximum Gasteiger partial charge on any atom is 0.186 e. The normalized spacial score (nSPS) is 10.5. The van der Waals surface area contributed by atoms with Crippen LogP contribution in [0, 0.1) is 0 Å². The summed E-state index contributed by atoms with van der Waals surface area (Å²) in [4.78, 5) is 0. The number of thiocarbonyl (C=S) groups is 1. The first-order valence-electron chi connectivity index (χ1n) is 6.66. The average Bonchev–Trinajstić information content (AvgIpc) is 2.54. The number of halogens is 1. The van der Waals surface area contributed by atoms with Crippen LogP contribution < -0.4 is 15.5 Å². The topological polar surface area (TPSA) is 45.7 Å². The number of hydrogen-bond donors (Lipinski definition) is 2. The largest absolute Gasteiger partial charge is 0.489 e. The molecule has 0 aromatic heterocycles. The Labute approximate surface area is 140 Å². The highest BCUT2D eigenvalue weighted by atomic mass is 35.5. The quantitative estimate of drug-likeness (QED) is 0.500. The van der Waals surface area contributed by atoms with Crippen molar-refractivity contribution in [3.05, 3.63) is 64.7 Å². The molecule has 0 atom stereocenters. The van der Waals surface area contributed by atoms with Crippen LogP contribution in [0.25, 0.3) is 0 Å². The molecule has 0 aliphatic carbocycles. The van der Waals surface area contributed by atoms with E-state index in [9.17, 15) is 0 Å². The average molecular weight is 334 g/mol. The fourth-order valence-corrected chi connectivity index (χ4v) is 1.93. The summed E-state index contributed by atoms with van der Waals surface area (Å²) in [5.74, 6) is 0.750. The lowest BCUT2D eigenvalue weighted by Gasteiger charge is -2.08. The molecule has 0 aliphatic heterocycles. The van der Waals surface area contributed by atoms with Gasteiger partial charge in [0.05, 0.1) is 6.21 Å². The minimum atomic E-state index is 0.419. The van der Waals surface area contributed by atoms with Gasteiger partial charge in [-0.3, -0.25) is 5.43 Å². The van der Waals surface area contributed by atoms with Gasteiger partial charge in [0.1, 0.15) is 12.4 Å². The van der Waals surface area contributed by atoms with Gasteiger partial charge in [-0.05, 0) is 36.0 Å². The second-order valence-corrected chi connectivity index (χ2v) is 5.22. The molecular weight excluding hydrogens is 318 g/mol. The van der Waals surface area contributed by atoms with Gasteiger partial charge in [-0.15, -0.1) is 0 Å². The van der Waals surface area contributed by atoms with Crippen LogP contribution >= 0.6 is 23.8 Å². The lowest BCUT2D eigenvalue weighted by Crippen LogP contribution is -2.28. The van der Waals surface area contributed by atoms with E-state index in [-0.39, 0.29) is 0 Å². The van der Waals surface area contributed by atoms with Crippen molar-refractivity contribution >= 4 is 35.1 Å². The summed E-state index contributed by atoms with van der Waals surface area (Å²) in [6.07, 6.45) is 1.67. The van der Waals surface area contributed by atoms with E-state index < -0.39 is 0 Å². The number of benzene rings is 2. The van der Waals surface area contributed by atoms with E-state index in [1.165, 1.54) is 0 Å². The standard InChI is InChI=1S/C16H16ClN3OS/c1-18-16(22)20-19-10-12-5-4-7-14(9-12)21-11-13-6-2-3-8-15(13)17/h2-10H,11H2,1H3,(H2,18,20,22)/b19-10+. The first-order chi connectivity index (χ1) is 10.7. The van der Waals surface area contributed by atoms with Crippen LogP contribution in [0.2, 0.25) is 5.02 Å². The third-order valence-electron chi connectivity index (χ3n) is 2.82. The molecule has 22 heavy (non-hydrogen) atoms. The zero-order valence-electron chi connectivity index (χ0n) is 12.0. The molecule has 4 nitrogen and oxygen atoms in total. The van der Waals surface area contributed by atoms with Crippen molar-refractivity contribution in [3.63, 3.8) is 0 Å². The van der Waals surface area contributed by atoms with E-state index in [4.69, 9.17) is 28.6 Å². The van der Waals surface area contributed by atoms with Gasteiger partial charge in [0.25, 0.3) is 0 Å². The summed E-state index contributed by atoms with van der Waals surface area (Å²) in [5.41, 5.74) is 4.55. The lowest BCUT2D eigenvalue weighted by molar-refractivity contribution is 0.306. The highest BCUT2D eigenvalue weighted by Gasteiger charge is 2.01.